The van der Waals surface area contributed by atoms with Crippen LogP contribution in [0, 0.1) is 0 Å². The Labute approximate surface area is 147 Å². The average molecular weight is 337 g/mol. The number of fused-ring (bicyclic) bond motifs is 1. The third-order valence-corrected chi connectivity index (χ3v) is 4.79. The first-order valence-corrected chi connectivity index (χ1v) is 8.90. The van der Waals surface area contributed by atoms with Gasteiger partial charge in [0.05, 0.1) is 6.04 Å². The fraction of sp³-hybridized carbons (Fsp3) is 0.421. The van der Waals surface area contributed by atoms with E-state index in [1.54, 1.807) is 0 Å². The zero-order chi connectivity index (χ0) is 17.1. The molecule has 3 heterocycles. The average Bonchev–Trinajstić information content (AvgIpc) is 3.30. The molecular formula is C19H23N5O. The van der Waals surface area contributed by atoms with Crippen LogP contribution in [0.4, 0.5) is 0 Å². The lowest BCUT2D eigenvalue weighted by Gasteiger charge is -2.24. The molecule has 1 N–H and O–H groups in total. The van der Waals surface area contributed by atoms with Gasteiger partial charge in [-0.15, -0.1) is 0 Å². The van der Waals surface area contributed by atoms with Gasteiger partial charge in [0.1, 0.15) is 5.82 Å². The number of hydrogen-bond acceptors (Lipinski definition) is 5. The van der Waals surface area contributed by atoms with Gasteiger partial charge < -0.3 is 14.4 Å². The van der Waals surface area contributed by atoms with E-state index in [0.717, 1.165) is 18.9 Å². The molecule has 0 saturated carbocycles. The third kappa shape index (κ3) is 3.64. The fourth-order valence-corrected chi connectivity index (χ4v) is 3.40. The van der Waals surface area contributed by atoms with E-state index in [0.29, 0.717) is 18.2 Å². The maximum absolute atomic E-state index is 5.45. The van der Waals surface area contributed by atoms with Crippen LogP contribution in [0.2, 0.25) is 0 Å². The van der Waals surface area contributed by atoms with Crippen LogP contribution in [0.3, 0.4) is 0 Å². The highest BCUT2D eigenvalue weighted by molar-refractivity contribution is 5.18. The van der Waals surface area contributed by atoms with Crippen molar-refractivity contribution >= 4 is 0 Å². The summed E-state index contributed by atoms with van der Waals surface area (Å²) in [6.07, 6.45) is 7.02. The van der Waals surface area contributed by atoms with Gasteiger partial charge in [-0.2, -0.15) is 4.98 Å². The van der Waals surface area contributed by atoms with Crippen LogP contribution in [0.15, 0.2) is 47.2 Å². The number of nitrogens with zero attached hydrogens (tertiary/aromatic N) is 4. The van der Waals surface area contributed by atoms with Crippen molar-refractivity contribution in [2.75, 3.05) is 6.54 Å². The monoisotopic (exact) mass is 337 g/mol. The molecule has 0 spiro atoms. The Hall–Kier alpha value is -2.47. The first-order chi connectivity index (χ1) is 12.3. The van der Waals surface area contributed by atoms with Crippen molar-refractivity contribution in [3.63, 3.8) is 0 Å². The molecule has 2 aromatic heterocycles. The summed E-state index contributed by atoms with van der Waals surface area (Å²) in [4.78, 5) is 9.05. The summed E-state index contributed by atoms with van der Waals surface area (Å²) in [6, 6.07) is 10.2. The number of rotatable bonds is 6. The minimum absolute atomic E-state index is 0.0300. The Balaban J connectivity index is 1.35. The summed E-state index contributed by atoms with van der Waals surface area (Å²) in [5.41, 5.74) is 1.18. The van der Waals surface area contributed by atoms with E-state index in [-0.39, 0.29) is 6.04 Å². The van der Waals surface area contributed by atoms with Crippen LogP contribution in [0.25, 0.3) is 0 Å². The van der Waals surface area contributed by atoms with E-state index in [9.17, 15) is 0 Å². The SMILES string of the molecule is C[C@@H](NC[C@H]1CCCn2ccnc21)c1nc(Cc2ccccc2)no1. The van der Waals surface area contributed by atoms with Crippen molar-refractivity contribution in [3.8, 4) is 0 Å². The summed E-state index contributed by atoms with van der Waals surface area (Å²) in [6.45, 7) is 4.01. The number of benzene rings is 1. The lowest BCUT2D eigenvalue weighted by atomic mass is 9.98. The molecule has 0 bridgehead atoms. The molecule has 1 aliphatic rings. The summed E-state index contributed by atoms with van der Waals surface area (Å²) in [5.74, 6) is 2.99. The minimum Gasteiger partial charge on any atom is -0.338 e. The molecule has 4 rings (SSSR count). The zero-order valence-electron chi connectivity index (χ0n) is 14.4. The quantitative estimate of drug-likeness (QED) is 0.748. The molecule has 3 aromatic rings. The van der Waals surface area contributed by atoms with E-state index >= 15 is 0 Å². The van der Waals surface area contributed by atoms with E-state index in [1.165, 1.54) is 24.2 Å². The number of hydrogen-bond donors (Lipinski definition) is 1. The molecule has 0 fully saturated rings. The number of aromatic nitrogens is 4. The molecule has 25 heavy (non-hydrogen) atoms. The summed E-state index contributed by atoms with van der Waals surface area (Å²) in [5, 5.41) is 7.64. The first-order valence-electron chi connectivity index (χ1n) is 8.90. The smallest absolute Gasteiger partial charge is 0.243 e. The summed E-state index contributed by atoms with van der Waals surface area (Å²) < 4.78 is 7.70. The third-order valence-electron chi connectivity index (χ3n) is 4.79. The second-order valence-electron chi connectivity index (χ2n) is 6.66. The summed E-state index contributed by atoms with van der Waals surface area (Å²) in [7, 11) is 0. The highest BCUT2D eigenvalue weighted by Gasteiger charge is 2.23. The van der Waals surface area contributed by atoms with Crippen LogP contribution < -0.4 is 5.32 Å². The van der Waals surface area contributed by atoms with Gasteiger partial charge in [0.15, 0.2) is 5.82 Å². The van der Waals surface area contributed by atoms with Crippen molar-refractivity contribution < 1.29 is 4.52 Å². The molecular weight excluding hydrogens is 314 g/mol. The molecule has 130 valence electrons. The molecule has 1 aromatic carbocycles. The standard InChI is InChI=1S/C19H23N5O/c1-14(21-13-16-8-5-10-24-11-9-20-18(16)24)19-22-17(23-25-19)12-15-6-3-2-4-7-15/h2-4,6-7,9,11,14,16,21H,5,8,10,12-13H2,1H3/t14-,16-/m1/s1. The number of aryl methyl sites for hydroxylation is 1. The minimum atomic E-state index is 0.0300. The van der Waals surface area contributed by atoms with Gasteiger partial charge in [0.2, 0.25) is 5.89 Å². The van der Waals surface area contributed by atoms with E-state index in [2.05, 4.69) is 50.3 Å². The Kier molecular flexibility index (Phi) is 4.61. The largest absolute Gasteiger partial charge is 0.338 e. The zero-order valence-corrected chi connectivity index (χ0v) is 14.4. The van der Waals surface area contributed by atoms with E-state index in [1.807, 2.05) is 24.4 Å². The molecule has 0 amide bonds. The highest BCUT2D eigenvalue weighted by atomic mass is 16.5. The van der Waals surface area contributed by atoms with Crippen LogP contribution in [0.5, 0.6) is 0 Å². The maximum Gasteiger partial charge on any atom is 0.243 e. The lowest BCUT2D eigenvalue weighted by Crippen LogP contribution is -2.28. The molecule has 0 saturated heterocycles. The van der Waals surface area contributed by atoms with Crippen LogP contribution >= 0.6 is 0 Å². The van der Waals surface area contributed by atoms with Gasteiger partial charge in [0.25, 0.3) is 0 Å². The van der Waals surface area contributed by atoms with Gasteiger partial charge >= 0.3 is 0 Å². The van der Waals surface area contributed by atoms with Gasteiger partial charge in [-0.3, -0.25) is 0 Å². The Morgan fingerprint density at radius 1 is 1.32 bits per heavy atom. The first kappa shape index (κ1) is 16.0. The maximum atomic E-state index is 5.45. The van der Waals surface area contributed by atoms with E-state index < -0.39 is 0 Å². The number of imidazole rings is 1. The molecule has 0 radical (unpaired) electrons. The molecule has 0 unspecified atom stereocenters. The van der Waals surface area contributed by atoms with Crippen molar-refractivity contribution in [2.45, 2.75) is 44.7 Å². The highest BCUT2D eigenvalue weighted by Crippen LogP contribution is 2.25. The van der Waals surface area contributed by atoms with Crippen molar-refractivity contribution in [3.05, 3.63) is 65.8 Å². The predicted octanol–water partition coefficient (Wildman–Crippen LogP) is 3.09. The van der Waals surface area contributed by atoms with E-state index in [4.69, 9.17) is 4.52 Å². The molecule has 0 aliphatic carbocycles. The molecule has 2 atom stereocenters. The number of nitrogens with one attached hydrogen (secondary N) is 1. The predicted molar refractivity (Wildman–Crippen MR) is 94.2 cm³/mol. The fourth-order valence-electron chi connectivity index (χ4n) is 3.40. The Morgan fingerprint density at radius 2 is 2.20 bits per heavy atom. The van der Waals surface area contributed by atoms with Crippen LogP contribution in [0.1, 0.15) is 54.8 Å². The Morgan fingerprint density at radius 3 is 3.08 bits per heavy atom. The molecule has 6 nitrogen and oxygen atoms in total. The molecule has 6 heteroatoms. The second kappa shape index (κ2) is 7.19. The van der Waals surface area contributed by atoms with Crippen molar-refractivity contribution in [2.24, 2.45) is 0 Å². The van der Waals surface area contributed by atoms with Gasteiger partial charge in [-0.05, 0) is 25.3 Å². The second-order valence-corrected chi connectivity index (χ2v) is 6.66. The normalized spacial score (nSPS) is 18.0. The van der Waals surface area contributed by atoms with Gasteiger partial charge in [-0.1, -0.05) is 35.5 Å². The lowest BCUT2D eigenvalue weighted by molar-refractivity contribution is 0.326. The van der Waals surface area contributed by atoms with Crippen molar-refractivity contribution in [1.29, 1.82) is 0 Å². The molecule has 1 aliphatic heterocycles. The van der Waals surface area contributed by atoms with Crippen LogP contribution in [-0.4, -0.2) is 26.2 Å². The van der Waals surface area contributed by atoms with Crippen LogP contribution in [-0.2, 0) is 13.0 Å². The van der Waals surface area contributed by atoms with Crippen molar-refractivity contribution in [1.82, 2.24) is 25.0 Å². The van der Waals surface area contributed by atoms with Gasteiger partial charge in [0, 0.05) is 37.8 Å². The van der Waals surface area contributed by atoms with Gasteiger partial charge in [-0.25, -0.2) is 4.98 Å². The summed E-state index contributed by atoms with van der Waals surface area (Å²) >= 11 is 0. The Bertz CT molecular complexity index is 810. The topological polar surface area (TPSA) is 68.8 Å².